The van der Waals surface area contributed by atoms with Crippen LogP contribution in [0.3, 0.4) is 0 Å². The Kier molecular flexibility index (Phi) is 6.33. The van der Waals surface area contributed by atoms with Crippen LogP contribution in [-0.4, -0.2) is 65.0 Å². The molecule has 1 unspecified atom stereocenters. The molecular weight excluding hydrogens is 282 g/mol. The molecule has 124 valence electrons. The third-order valence-corrected chi connectivity index (χ3v) is 3.93. The molecule has 1 N–H and O–H groups in total. The molecule has 1 atom stereocenters. The molecule has 1 fully saturated rings. The molecule has 1 amide bonds. The molecule has 2 rings (SSSR count). The zero-order valence-electron chi connectivity index (χ0n) is 13.8. The summed E-state index contributed by atoms with van der Waals surface area (Å²) in [6, 6.07) is 0.334. The normalized spacial score (nSPS) is 17.6. The lowest BCUT2D eigenvalue weighted by Gasteiger charge is -2.28. The largest absolute Gasteiger partial charge is 0.379 e. The number of nitrogens with one attached hydrogen (secondary N) is 1. The van der Waals surface area contributed by atoms with Crippen LogP contribution in [0.1, 0.15) is 32.6 Å². The lowest BCUT2D eigenvalue weighted by atomic mass is 10.1. The van der Waals surface area contributed by atoms with Crippen LogP contribution in [0.15, 0.2) is 6.33 Å². The minimum atomic E-state index is -0.0129. The highest BCUT2D eigenvalue weighted by Gasteiger charge is 2.18. The van der Waals surface area contributed by atoms with E-state index in [1.54, 1.807) is 6.33 Å². The summed E-state index contributed by atoms with van der Waals surface area (Å²) in [4.78, 5) is 14.4. The number of nitrogens with zero attached hydrogens (tertiary/aromatic N) is 4. The Bertz CT molecular complexity index is 468. The van der Waals surface area contributed by atoms with Crippen molar-refractivity contribution in [2.75, 3.05) is 39.4 Å². The maximum atomic E-state index is 12.2. The topological polar surface area (TPSA) is 72.3 Å². The van der Waals surface area contributed by atoms with Gasteiger partial charge in [0.05, 0.1) is 13.2 Å². The summed E-state index contributed by atoms with van der Waals surface area (Å²) in [5.74, 6) is 0.999. The van der Waals surface area contributed by atoms with Gasteiger partial charge in [-0.3, -0.25) is 9.69 Å². The van der Waals surface area contributed by atoms with Gasteiger partial charge in [0.1, 0.15) is 12.2 Å². The van der Waals surface area contributed by atoms with Gasteiger partial charge in [-0.05, 0) is 13.8 Å². The summed E-state index contributed by atoms with van der Waals surface area (Å²) >= 11 is 0. The van der Waals surface area contributed by atoms with Crippen LogP contribution in [0.5, 0.6) is 0 Å². The molecule has 1 aromatic rings. The number of carbonyl (C=O) groups excluding carboxylic acids is 1. The van der Waals surface area contributed by atoms with E-state index in [0.717, 1.165) is 38.7 Å². The van der Waals surface area contributed by atoms with Crippen LogP contribution >= 0.6 is 0 Å². The number of amides is 1. The highest BCUT2D eigenvalue weighted by Crippen LogP contribution is 2.07. The summed E-state index contributed by atoms with van der Waals surface area (Å²) in [6.07, 6.45) is 2.44. The number of hydrogen-bond acceptors (Lipinski definition) is 5. The number of ether oxygens (including phenoxy) is 1. The van der Waals surface area contributed by atoms with Crippen molar-refractivity contribution >= 4 is 5.91 Å². The molecule has 7 nitrogen and oxygen atoms in total. The Morgan fingerprint density at radius 3 is 2.77 bits per heavy atom. The van der Waals surface area contributed by atoms with Crippen LogP contribution in [0.25, 0.3) is 0 Å². The van der Waals surface area contributed by atoms with Crippen molar-refractivity contribution in [2.24, 2.45) is 5.92 Å². The maximum Gasteiger partial charge on any atom is 0.224 e. The van der Waals surface area contributed by atoms with Crippen molar-refractivity contribution in [3.8, 4) is 0 Å². The minimum Gasteiger partial charge on any atom is -0.379 e. The predicted octanol–water partition coefficient (Wildman–Crippen LogP) is 0.486. The van der Waals surface area contributed by atoms with Gasteiger partial charge in [-0.25, -0.2) is 0 Å². The van der Waals surface area contributed by atoms with E-state index in [-0.39, 0.29) is 11.8 Å². The zero-order valence-corrected chi connectivity index (χ0v) is 13.8. The quantitative estimate of drug-likeness (QED) is 0.793. The third-order valence-electron chi connectivity index (χ3n) is 3.93. The first-order valence-corrected chi connectivity index (χ1v) is 8.04. The van der Waals surface area contributed by atoms with E-state index in [4.69, 9.17) is 4.74 Å². The smallest absolute Gasteiger partial charge is 0.224 e. The van der Waals surface area contributed by atoms with Crippen LogP contribution in [-0.2, 0) is 16.0 Å². The molecule has 7 heteroatoms. The Balaban J connectivity index is 1.71. The first kappa shape index (κ1) is 16.9. The van der Waals surface area contributed by atoms with Crippen molar-refractivity contribution in [1.82, 2.24) is 25.0 Å². The van der Waals surface area contributed by atoms with E-state index < -0.39 is 0 Å². The van der Waals surface area contributed by atoms with Gasteiger partial charge < -0.3 is 14.6 Å². The van der Waals surface area contributed by atoms with E-state index in [0.29, 0.717) is 19.0 Å². The summed E-state index contributed by atoms with van der Waals surface area (Å²) < 4.78 is 7.35. The van der Waals surface area contributed by atoms with Crippen molar-refractivity contribution in [1.29, 1.82) is 0 Å². The number of hydrogen-bond donors (Lipinski definition) is 1. The van der Waals surface area contributed by atoms with E-state index in [1.807, 2.05) is 11.5 Å². The molecule has 1 aromatic heterocycles. The fourth-order valence-corrected chi connectivity index (χ4v) is 2.60. The minimum absolute atomic E-state index is 0.0129. The summed E-state index contributed by atoms with van der Waals surface area (Å²) in [6.45, 7) is 10.9. The second kappa shape index (κ2) is 8.24. The van der Waals surface area contributed by atoms with Crippen LogP contribution < -0.4 is 5.32 Å². The van der Waals surface area contributed by atoms with Crippen LogP contribution in [0.4, 0.5) is 0 Å². The standard InChI is InChI=1S/C15H27N5O2/c1-12(2)20-11-17-18-14(20)4-5-16-15(21)13(3)10-19-6-8-22-9-7-19/h11-13H,4-10H2,1-3H3,(H,16,21). The molecule has 0 saturated carbocycles. The van der Waals surface area contributed by atoms with E-state index in [2.05, 4.69) is 34.3 Å². The molecule has 1 aliphatic heterocycles. The molecule has 0 aromatic carbocycles. The molecule has 0 radical (unpaired) electrons. The summed E-state index contributed by atoms with van der Waals surface area (Å²) in [5.41, 5.74) is 0. The number of aromatic nitrogens is 3. The predicted molar refractivity (Wildman–Crippen MR) is 83.5 cm³/mol. The van der Waals surface area contributed by atoms with Gasteiger partial charge in [-0.1, -0.05) is 6.92 Å². The number of carbonyl (C=O) groups is 1. The zero-order chi connectivity index (χ0) is 15.9. The maximum absolute atomic E-state index is 12.2. The Labute approximate surface area is 132 Å². The average Bonchev–Trinajstić information content (AvgIpc) is 2.97. The molecule has 0 spiro atoms. The fourth-order valence-electron chi connectivity index (χ4n) is 2.60. The van der Waals surface area contributed by atoms with E-state index in [1.165, 1.54) is 0 Å². The van der Waals surface area contributed by atoms with Gasteiger partial charge in [-0.2, -0.15) is 0 Å². The SMILES string of the molecule is CC(CN1CCOCC1)C(=O)NCCc1nncn1C(C)C. The Hall–Kier alpha value is -1.47. The van der Waals surface area contributed by atoms with Gasteiger partial charge in [-0.15, -0.1) is 10.2 Å². The van der Waals surface area contributed by atoms with Crippen molar-refractivity contribution in [2.45, 2.75) is 33.2 Å². The third kappa shape index (κ3) is 4.78. The Morgan fingerprint density at radius 2 is 2.09 bits per heavy atom. The number of morpholine rings is 1. The fraction of sp³-hybridized carbons (Fsp3) is 0.800. The molecule has 0 aliphatic carbocycles. The van der Waals surface area contributed by atoms with Gasteiger partial charge in [0, 0.05) is 44.6 Å². The molecule has 1 saturated heterocycles. The van der Waals surface area contributed by atoms with Gasteiger partial charge >= 0.3 is 0 Å². The van der Waals surface area contributed by atoms with Gasteiger partial charge in [0.25, 0.3) is 0 Å². The summed E-state index contributed by atoms with van der Waals surface area (Å²) in [5, 5.41) is 11.0. The average molecular weight is 309 g/mol. The Morgan fingerprint density at radius 1 is 1.36 bits per heavy atom. The highest BCUT2D eigenvalue weighted by molar-refractivity contribution is 5.78. The van der Waals surface area contributed by atoms with E-state index >= 15 is 0 Å². The molecule has 22 heavy (non-hydrogen) atoms. The van der Waals surface area contributed by atoms with Crippen LogP contribution in [0.2, 0.25) is 0 Å². The molecule has 2 heterocycles. The van der Waals surface area contributed by atoms with Crippen molar-refractivity contribution in [3.05, 3.63) is 12.2 Å². The van der Waals surface area contributed by atoms with Gasteiger partial charge in [0.2, 0.25) is 5.91 Å². The van der Waals surface area contributed by atoms with Crippen molar-refractivity contribution in [3.63, 3.8) is 0 Å². The first-order valence-electron chi connectivity index (χ1n) is 8.04. The second-order valence-electron chi connectivity index (χ2n) is 6.10. The summed E-state index contributed by atoms with van der Waals surface area (Å²) in [7, 11) is 0. The highest BCUT2D eigenvalue weighted by atomic mass is 16.5. The number of rotatable bonds is 7. The van der Waals surface area contributed by atoms with Crippen LogP contribution in [0, 0.1) is 5.92 Å². The van der Waals surface area contributed by atoms with Gasteiger partial charge in [0.15, 0.2) is 0 Å². The second-order valence-corrected chi connectivity index (χ2v) is 6.10. The first-order chi connectivity index (χ1) is 10.6. The lowest BCUT2D eigenvalue weighted by molar-refractivity contribution is -0.125. The molecule has 0 bridgehead atoms. The van der Waals surface area contributed by atoms with Crippen molar-refractivity contribution < 1.29 is 9.53 Å². The van der Waals surface area contributed by atoms with E-state index in [9.17, 15) is 4.79 Å². The molecular formula is C15H27N5O2. The molecule has 1 aliphatic rings. The monoisotopic (exact) mass is 309 g/mol. The lowest BCUT2D eigenvalue weighted by Crippen LogP contribution is -2.43.